The molecule has 4 unspecified atom stereocenters. The van der Waals surface area contributed by atoms with E-state index in [9.17, 15) is 0 Å². The maximum absolute atomic E-state index is 2.72. The van der Waals surface area contributed by atoms with Crippen molar-refractivity contribution in [2.45, 2.75) is 85.8 Å². The molecule has 2 nitrogen and oxygen atoms in total. The molecule has 8 aromatic rings. The van der Waals surface area contributed by atoms with Gasteiger partial charge in [-0.15, -0.1) is 0 Å². The second-order valence-corrected chi connectivity index (χ2v) is 20.7. The first-order valence-electron chi connectivity index (χ1n) is 22.2. The molecule has 4 atom stereocenters. The summed E-state index contributed by atoms with van der Waals surface area (Å²) in [6, 6.07) is 56.2. The first-order chi connectivity index (χ1) is 29.4. The summed E-state index contributed by atoms with van der Waals surface area (Å²) < 4.78 is 0.00999. The van der Waals surface area contributed by atoms with Gasteiger partial charge in [-0.1, -0.05) is 129 Å². The molecule has 8 aromatic carbocycles. The molecule has 4 aliphatic rings. The van der Waals surface area contributed by atoms with Crippen LogP contribution in [0, 0.1) is 0 Å². The van der Waals surface area contributed by atoms with E-state index in [2.05, 4.69) is 205 Å². The van der Waals surface area contributed by atoms with Gasteiger partial charge in [-0.2, -0.15) is 23.5 Å². The molecule has 2 saturated carbocycles. The van der Waals surface area contributed by atoms with E-state index in [4.69, 9.17) is 0 Å². The standard InChI is InChI=1S/C56H52N2S2/c1-53-32-11-13-34-55(53,59-3)47-36-39(26-31-48(47)57(53)40-16-7-5-8-17-40)42-27-22-37-25-30-45-43(28-23-38-24-29-44(42)50(37)51(38)45)46-20-15-21-49-52(46)56(60-4)35-14-12-33-54(56,2)58(49)41-18-9-6-10-19-41/h5-10,15-31,36H,11-14,32-35H2,1-4H3. The summed E-state index contributed by atoms with van der Waals surface area (Å²) in [4.78, 5) is 5.42. The monoisotopic (exact) mass is 816 g/mol. The van der Waals surface area contributed by atoms with E-state index in [0.717, 1.165) is 0 Å². The SMILES string of the molecule is CSC12CCCCC1(C)N(c1ccccc1)c1ccc(-c3ccc4ccc5c(-c6cccc7c6C6(SC)CCCCC6(C)N7c6ccccc6)ccc6ccc3c4c65)cc12. The molecule has 298 valence electrons. The van der Waals surface area contributed by atoms with E-state index < -0.39 is 0 Å². The summed E-state index contributed by atoms with van der Waals surface area (Å²) in [6.45, 7) is 5.10. The van der Waals surface area contributed by atoms with Gasteiger partial charge in [0, 0.05) is 28.3 Å². The predicted molar refractivity (Wildman–Crippen MR) is 262 cm³/mol. The van der Waals surface area contributed by atoms with Crippen LogP contribution in [0.15, 0.2) is 146 Å². The Morgan fingerprint density at radius 3 is 1.62 bits per heavy atom. The normalized spacial score (nSPS) is 25.8. The Bertz CT molecular complexity index is 2980. The van der Waals surface area contributed by atoms with Crippen LogP contribution in [0.4, 0.5) is 22.7 Å². The molecule has 0 spiro atoms. The molecule has 0 amide bonds. The molecular weight excluding hydrogens is 765 g/mol. The average molecular weight is 817 g/mol. The Morgan fingerprint density at radius 1 is 0.450 bits per heavy atom. The Balaban J connectivity index is 1.06. The molecule has 0 saturated heterocycles. The van der Waals surface area contributed by atoms with E-state index in [-0.39, 0.29) is 20.6 Å². The molecule has 2 heterocycles. The number of para-hydroxylation sites is 2. The maximum Gasteiger partial charge on any atom is 0.0664 e. The Kier molecular flexibility index (Phi) is 8.18. The van der Waals surface area contributed by atoms with Gasteiger partial charge in [-0.3, -0.25) is 0 Å². The third kappa shape index (κ3) is 4.65. The van der Waals surface area contributed by atoms with Crippen LogP contribution in [-0.4, -0.2) is 23.6 Å². The first-order valence-corrected chi connectivity index (χ1v) is 24.6. The number of hydrogen-bond acceptors (Lipinski definition) is 4. The summed E-state index contributed by atoms with van der Waals surface area (Å²) in [5, 5.41) is 8.11. The van der Waals surface area contributed by atoms with E-state index in [1.807, 2.05) is 0 Å². The molecule has 2 aliphatic carbocycles. The molecule has 60 heavy (non-hydrogen) atoms. The number of thioether (sulfide) groups is 2. The summed E-state index contributed by atoms with van der Waals surface area (Å²) in [7, 11) is 0. The van der Waals surface area contributed by atoms with Gasteiger partial charge in [-0.25, -0.2) is 0 Å². The van der Waals surface area contributed by atoms with Crippen LogP contribution < -0.4 is 9.80 Å². The lowest BCUT2D eigenvalue weighted by Crippen LogP contribution is -2.54. The fourth-order valence-corrected chi connectivity index (χ4v) is 16.1. The van der Waals surface area contributed by atoms with Crippen molar-refractivity contribution in [3.8, 4) is 22.3 Å². The Morgan fingerprint density at radius 2 is 0.983 bits per heavy atom. The zero-order valence-corrected chi connectivity index (χ0v) is 36.9. The fraction of sp³-hybridized carbons (Fsp3) is 0.286. The molecule has 0 aromatic heterocycles. The lowest BCUT2D eigenvalue weighted by Gasteiger charge is -2.51. The zero-order valence-electron chi connectivity index (χ0n) is 35.2. The predicted octanol–water partition coefficient (Wildman–Crippen LogP) is 16.0. The number of fused-ring (bicyclic) bond motifs is 6. The molecule has 2 fully saturated rings. The van der Waals surface area contributed by atoms with E-state index in [0.29, 0.717) is 0 Å². The van der Waals surface area contributed by atoms with Gasteiger partial charge in [0.1, 0.15) is 0 Å². The topological polar surface area (TPSA) is 6.48 Å². The molecule has 0 N–H and O–H groups in total. The van der Waals surface area contributed by atoms with Gasteiger partial charge in [0.25, 0.3) is 0 Å². The molecule has 12 rings (SSSR count). The van der Waals surface area contributed by atoms with Crippen molar-refractivity contribution in [2.24, 2.45) is 0 Å². The molecule has 4 heteroatoms. The van der Waals surface area contributed by atoms with Crippen molar-refractivity contribution in [1.29, 1.82) is 0 Å². The fourth-order valence-electron chi connectivity index (χ4n) is 13.3. The van der Waals surface area contributed by atoms with E-state index in [1.165, 1.54) is 140 Å². The third-order valence-electron chi connectivity index (χ3n) is 16.0. The molecular formula is C56H52N2S2. The minimum Gasteiger partial charge on any atom is -0.334 e. The van der Waals surface area contributed by atoms with Crippen molar-refractivity contribution < 1.29 is 0 Å². The zero-order chi connectivity index (χ0) is 40.4. The highest BCUT2D eigenvalue weighted by molar-refractivity contribution is 7.99. The number of benzene rings is 8. The minimum atomic E-state index is -0.0267. The van der Waals surface area contributed by atoms with Crippen molar-refractivity contribution in [2.75, 3.05) is 22.3 Å². The third-order valence-corrected chi connectivity index (χ3v) is 19.1. The quantitative estimate of drug-likeness (QED) is 0.154. The summed E-state index contributed by atoms with van der Waals surface area (Å²) in [6.07, 6.45) is 14.6. The van der Waals surface area contributed by atoms with Crippen LogP contribution in [0.2, 0.25) is 0 Å². The van der Waals surface area contributed by atoms with Gasteiger partial charge in [0.2, 0.25) is 0 Å². The number of nitrogens with zero attached hydrogens (tertiary/aromatic N) is 2. The maximum atomic E-state index is 2.72. The van der Waals surface area contributed by atoms with E-state index >= 15 is 0 Å². The number of hydrogen-bond donors (Lipinski definition) is 0. The smallest absolute Gasteiger partial charge is 0.0664 e. The summed E-state index contributed by atoms with van der Waals surface area (Å²) in [5.41, 5.74) is 13.8. The van der Waals surface area contributed by atoms with Gasteiger partial charge in [0.15, 0.2) is 0 Å². The van der Waals surface area contributed by atoms with Crippen molar-refractivity contribution in [3.63, 3.8) is 0 Å². The van der Waals surface area contributed by atoms with Crippen LogP contribution in [0.25, 0.3) is 54.6 Å². The minimum absolute atomic E-state index is 0.00566. The highest BCUT2D eigenvalue weighted by Gasteiger charge is 2.62. The Hall–Kier alpha value is -4.90. The summed E-state index contributed by atoms with van der Waals surface area (Å²) in [5.74, 6) is 0. The van der Waals surface area contributed by atoms with E-state index in [1.54, 1.807) is 0 Å². The van der Waals surface area contributed by atoms with Crippen LogP contribution >= 0.6 is 23.5 Å². The van der Waals surface area contributed by atoms with Crippen molar-refractivity contribution in [1.82, 2.24) is 0 Å². The van der Waals surface area contributed by atoms with Crippen molar-refractivity contribution in [3.05, 3.63) is 157 Å². The molecule has 0 bridgehead atoms. The van der Waals surface area contributed by atoms with Crippen molar-refractivity contribution >= 4 is 78.6 Å². The molecule has 0 radical (unpaired) electrons. The van der Waals surface area contributed by atoms with Gasteiger partial charge < -0.3 is 9.80 Å². The second-order valence-electron chi connectivity index (χ2n) is 18.4. The van der Waals surface area contributed by atoms with Crippen LogP contribution in [0.3, 0.4) is 0 Å². The van der Waals surface area contributed by atoms with Crippen LogP contribution in [-0.2, 0) is 9.49 Å². The highest BCUT2D eigenvalue weighted by atomic mass is 32.2. The second kappa shape index (κ2) is 13.3. The lowest BCUT2D eigenvalue weighted by atomic mass is 9.70. The highest BCUT2D eigenvalue weighted by Crippen LogP contribution is 2.68. The number of rotatable bonds is 6. The van der Waals surface area contributed by atoms with Gasteiger partial charge in [0.05, 0.1) is 20.6 Å². The van der Waals surface area contributed by atoms with Gasteiger partial charge in [-0.05, 0) is 155 Å². The lowest BCUT2D eigenvalue weighted by molar-refractivity contribution is 0.262. The average Bonchev–Trinajstić information content (AvgIpc) is 3.68. The van der Waals surface area contributed by atoms with Gasteiger partial charge >= 0.3 is 0 Å². The summed E-state index contributed by atoms with van der Waals surface area (Å²) >= 11 is 4.18. The number of anilines is 4. The first kappa shape index (κ1) is 36.9. The Labute approximate surface area is 363 Å². The largest absolute Gasteiger partial charge is 0.334 e. The van der Waals surface area contributed by atoms with Crippen LogP contribution in [0.5, 0.6) is 0 Å². The van der Waals surface area contributed by atoms with Crippen LogP contribution in [0.1, 0.15) is 76.3 Å². The molecule has 2 aliphatic heterocycles.